The van der Waals surface area contributed by atoms with Gasteiger partial charge in [0.2, 0.25) is 0 Å². The summed E-state index contributed by atoms with van der Waals surface area (Å²) in [5.41, 5.74) is -0.420. The molecule has 1 amide bonds. The number of hydrogen-bond acceptors (Lipinski definition) is 4. The maximum Gasteiger partial charge on any atom is 0.337 e. The van der Waals surface area contributed by atoms with Gasteiger partial charge in [-0.3, -0.25) is 4.79 Å². The van der Waals surface area contributed by atoms with Crippen molar-refractivity contribution in [3.05, 3.63) is 45.1 Å². The number of rotatable bonds is 5. The van der Waals surface area contributed by atoms with Crippen molar-refractivity contribution in [2.45, 2.75) is 0 Å². The van der Waals surface area contributed by atoms with E-state index in [0.717, 1.165) is 11.3 Å². The zero-order valence-electron chi connectivity index (χ0n) is 11.5. The number of carboxylic acid groups (broad SMARTS) is 1. The number of nitrogens with zero attached hydrogens (tertiary/aromatic N) is 1. The average Bonchev–Trinajstić information content (AvgIpc) is 3.02. The van der Waals surface area contributed by atoms with E-state index in [0.29, 0.717) is 0 Å². The van der Waals surface area contributed by atoms with Gasteiger partial charge in [-0.1, -0.05) is 22.0 Å². The predicted octanol–water partition coefficient (Wildman–Crippen LogP) is 3.64. The number of amides is 1. The van der Waals surface area contributed by atoms with Crippen LogP contribution in [0.15, 0.2) is 29.6 Å². The van der Waals surface area contributed by atoms with Crippen molar-refractivity contribution in [3.8, 4) is 18.1 Å². The highest BCUT2D eigenvalue weighted by Crippen LogP contribution is 2.31. The van der Waals surface area contributed by atoms with Crippen LogP contribution in [0.3, 0.4) is 0 Å². The molecule has 0 atom stereocenters. The molecule has 2 aromatic rings. The van der Waals surface area contributed by atoms with E-state index in [1.807, 2.05) is 0 Å². The highest BCUT2D eigenvalue weighted by molar-refractivity contribution is 7.12. The second kappa shape index (κ2) is 7.13. The molecule has 0 unspecified atom stereocenters. The first-order valence-corrected chi connectivity index (χ1v) is 7.38. The number of ether oxygens (including phenoxy) is 1. The fourth-order valence-electron chi connectivity index (χ4n) is 1.69. The molecule has 1 heterocycles. The number of carboxylic acids is 1. The molecule has 2 rings (SSSR count). The number of benzene rings is 1. The molecule has 0 saturated carbocycles. The number of terminal acetylenes is 1. The fraction of sp³-hybridized carbons (Fsp3) is 0.0667. The Morgan fingerprint density at radius 1 is 1.43 bits per heavy atom. The Kier molecular flexibility index (Phi) is 5.21. The Bertz CT molecular complexity index is 799. The van der Waals surface area contributed by atoms with Gasteiger partial charge >= 0.3 is 5.97 Å². The van der Waals surface area contributed by atoms with Crippen molar-refractivity contribution in [1.29, 1.82) is 0 Å². The SMILES string of the molecule is C#CCOc1cc(N(F)C(=O)c2sccc2C(=O)O)ccc1Cl. The Balaban J connectivity index is 2.31. The van der Waals surface area contributed by atoms with E-state index in [1.54, 1.807) is 0 Å². The minimum absolute atomic E-state index is 0.0719. The first-order chi connectivity index (χ1) is 11.0. The van der Waals surface area contributed by atoms with Crippen LogP contribution in [-0.4, -0.2) is 23.6 Å². The molecule has 23 heavy (non-hydrogen) atoms. The summed E-state index contributed by atoms with van der Waals surface area (Å²) in [5, 5.41) is 10.4. The molecule has 1 aromatic carbocycles. The molecule has 0 aliphatic rings. The quantitative estimate of drug-likeness (QED) is 0.658. The predicted molar refractivity (Wildman–Crippen MR) is 85.0 cm³/mol. The van der Waals surface area contributed by atoms with Crippen molar-refractivity contribution in [3.63, 3.8) is 0 Å². The van der Waals surface area contributed by atoms with E-state index in [4.69, 9.17) is 27.9 Å². The second-order valence-corrected chi connectivity index (χ2v) is 5.49. The van der Waals surface area contributed by atoms with Gasteiger partial charge in [0.05, 0.1) is 16.3 Å². The van der Waals surface area contributed by atoms with E-state index in [-0.39, 0.29) is 38.6 Å². The topological polar surface area (TPSA) is 66.8 Å². The van der Waals surface area contributed by atoms with Gasteiger partial charge in [-0.2, -0.15) is 0 Å². The van der Waals surface area contributed by atoms with Gasteiger partial charge < -0.3 is 9.84 Å². The van der Waals surface area contributed by atoms with E-state index in [2.05, 4.69) is 5.92 Å². The summed E-state index contributed by atoms with van der Waals surface area (Å²) in [4.78, 5) is 22.9. The van der Waals surface area contributed by atoms with Gasteiger partial charge in [-0.25, -0.2) is 4.79 Å². The molecule has 0 bridgehead atoms. The Morgan fingerprint density at radius 2 is 2.17 bits per heavy atom. The van der Waals surface area contributed by atoms with Gasteiger partial charge in [-0.05, 0) is 23.6 Å². The largest absolute Gasteiger partial charge is 0.479 e. The monoisotopic (exact) mass is 353 g/mol. The lowest BCUT2D eigenvalue weighted by molar-refractivity contribution is 0.0692. The molecule has 0 radical (unpaired) electrons. The van der Waals surface area contributed by atoms with Crippen LogP contribution in [0, 0.1) is 12.3 Å². The highest BCUT2D eigenvalue weighted by atomic mass is 35.5. The van der Waals surface area contributed by atoms with Gasteiger partial charge in [0.1, 0.15) is 17.2 Å². The summed E-state index contributed by atoms with van der Waals surface area (Å²) in [7, 11) is 0. The van der Waals surface area contributed by atoms with Crippen LogP contribution in [0.1, 0.15) is 20.0 Å². The van der Waals surface area contributed by atoms with Gasteiger partial charge in [0.15, 0.2) is 0 Å². The van der Waals surface area contributed by atoms with Crippen molar-refractivity contribution < 1.29 is 23.9 Å². The summed E-state index contributed by atoms with van der Waals surface area (Å²) in [6.07, 6.45) is 5.07. The average molecular weight is 354 g/mol. The highest BCUT2D eigenvalue weighted by Gasteiger charge is 2.25. The molecule has 0 spiro atoms. The summed E-state index contributed by atoms with van der Waals surface area (Å²) in [6.45, 7) is -0.0719. The standard InChI is InChI=1S/C15H9ClFNO4S/c1-2-6-22-12-8-9(3-4-11(12)16)18(17)14(19)13-10(15(20)21)5-7-23-13/h1,3-5,7-8H,6H2,(H,20,21). The van der Waals surface area contributed by atoms with Crippen LogP contribution in [0.25, 0.3) is 0 Å². The summed E-state index contributed by atoms with van der Waals surface area (Å²) in [6, 6.07) is 5.04. The van der Waals surface area contributed by atoms with E-state index in [9.17, 15) is 14.1 Å². The van der Waals surface area contributed by atoms with Gasteiger partial charge in [-0.15, -0.1) is 22.9 Å². The molecule has 0 aliphatic heterocycles. The third kappa shape index (κ3) is 3.62. The number of thiophene rings is 1. The van der Waals surface area contributed by atoms with Crippen molar-refractivity contribution >= 4 is 40.5 Å². The molecular formula is C15H9ClFNO4S. The lowest BCUT2D eigenvalue weighted by atomic mass is 10.2. The minimum atomic E-state index is -1.31. The lowest BCUT2D eigenvalue weighted by Crippen LogP contribution is -2.22. The van der Waals surface area contributed by atoms with Gasteiger partial charge in [0.25, 0.3) is 5.91 Å². The van der Waals surface area contributed by atoms with Crippen LogP contribution in [0.4, 0.5) is 10.2 Å². The van der Waals surface area contributed by atoms with Crippen LogP contribution < -0.4 is 9.86 Å². The van der Waals surface area contributed by atoms with E-state index >= 15 is 0 Å². The molecule has 1 N–H and O–H groups in total. The van der Waals surface area contributed by atoms with Crippen molar-refractivity contribution in [2.75, 3.05) is 11.7 Å². The lowest BCUT2D eigenvalue weighted by Gasteiger charge is -2.13. The smallest absolute Gasteiger partial charge is 0.337 e. The van der Waals surface area contributed by atoms with Gasteiger partial charge in [0, 0.05) is 6.07 Å². The fourth-order valence-corrected chi connectivity index (χ4v) is 2.67. The van der Waals surface area contributed by atoms with E-state index < -0.39 is 11.9 Å². The Hall–Kier alpha value is -2.56. The van der Waals surface area contributed by atoms with Crippen LogP contribution in [0.5, 0.6) is 5.75 Å². The summed E-state index contributed by atoms with van der Waals surface area (Å²) < 4.78 is 19.5. The number of halogens is 2. The first kappa shape index (κ1) is 16.8. The molecule has 5 nitrogen and oxygen atoms in total. The third-order valence-electron chi connectivity index (χ3n) is 2.72. The molecular weight excluding hydrogens is 345 g/mol. The van der Waals surface area contributed by atoms with Crippen molar-refractivity contribution in [1.82, 2.24) is 0 Å². The molecule has 1 aromatic heterocycles. The minimum Gasteiger partial charge on any atom is -0.479 e. The maximum atomic E-state index is 14.3. The van der Waals surface area contributed by atoms with Crippen LogP contribution in [-0.2, 0) is 0 Å². The normalized spacial score (nSPS) is 9.96. The molecule has 0 saturated heterocycles. The summed E-state index contributed by atoms with van der Waals surface area (Å²) in [5.74, 6) is -0.0514. The number of hydrogen-bond donors (Lipinski definition) is 1. The molecule has 0 fully saturated rings. The number of carbonyl (C=O) groups is 2. The molecule has 8 heteroatoms. The number of carbonyl (C=O) groups excluding carboxylic acids is 1. The second-order valence-electron chi connectivity index (χ2n) is 4.16. The zero-order chi connectivity index (χ0) is 17.0. The Morgan fingerprint density at radius 3 is 2.83 bits per heavy atom. The number of aromatic carboxylic acids is 1. The molecule has 0 aliphatic carbocycles. The third-order valence-corrected chi connectivity index (χ3v) is 3.94. The van der Waals surface area contributed by atoms with Crippen LogP contribution >= 0.6 is 22.9 Å². The molecule has 118 valence electrons. The number of anilines is 1. The van der Waals surface area contributed by atoms with Crippen molar-refractivity contribution in [2.24, 2.45) is 0 Å². The zero-order valence-corrected chi connectivity index (χ0v) is 13.0. The first-order valence-electron chi connectivity index (χ1n) is 6.12. The maximum absolute atomic E-state index is 14.3. The summed E-state index contributed by atoms with van der Waals surface area (Å²) >= 11 is 6.72. The van der Waals surface area contributed by atoms with E-state index in [1.165, 1.54) is 29.6 Å². The Labute approximate surface area is 139 Å². The van der Waals surface area contributed by atoms with Crippen LogP contribution in [0.2, 0.25) is 5.02 Å².